The summed E-state index contributed by atoms with van der Waals surface area (Å²) in [6.07, 6.45) is 2.19. The Bertz CT molecular complexity index is 221. The maximum Gasteiger partial charge on any atom is 0.315 e. The van der Waals surface area contributed by atoms with Crippen molar-refractivity contribution in [3.8, 4) is 0 Å². The molecule has 0 aliphatic carbocycles. The molecule has 2 N–H and O–H groups in total. The van der Waals surface area contributed by atoms with Gasteiger partial charge in [-0.2, -0.15) is 0 Å². The fourth-order valence-corrected chi connectivity index (χ4v) is 1.88. The van der Waals surface area contributed by atoms with E-state index in [1.54, 1.807) is 4.90 Å². The van der Waals surface area contributed by atoms with E-state index in [0.29, 0.717) is 0 Å². The second kappa shape index (κ2) is 2.89. The Morgan fingerprint density at radius 1 is 1.23 bits per heavy atom. The zero-order chi connectivity index (χ0) is 10.3. The number of piperidine rings is 1. The SMILES string of the molecule is CC1(C)CCC(C)(C)N(C(N)=O)C1. The summed E-state index contributed by atoms with van der Waals surface area (Å²) in [4.78, 5) is 13.0. The van der Waals surface area contributed by atoms with Crippen molar-refractivity contribution < 1.29 is 4.79 Å². The van der Waals surface area contributed by atoms with Crippen LogP contribution in [0.15, 0.2) is 0 Å². The van der Waals surface area contributed by atoms with Gasteiger partial charge in [0, 0.05) is 12.1 Å². The Labute approximate surface area is 80.3 Å². The smallest absolute Gasteiger partial charge is 0.315 e. The van der Waals surface area contributed by atoms with Crippen LogP contribution in [0.25, 0.3) is 0 Å². The molecule has 1 heterocycles. The Morgan fingerprint density at radius 3 is 2.15 bits per heavy atom. The zero-order valence-electron chi connectivity index (χ0n) is 9.05. The molecule has 1 aliphatic rings. The molecule has 2 amide bonds. The average molecular weight is 184 g/mol. The molecule has 0 aromatic heterocycles. The van der Waals surface area contributed by atoms with Gasteiger partial charge < -0.3 is 10.6 Å². The van der Waals surface area contributed by atoms with Gasteiger partial charge in [-0.05, 0) is 32.1 Å². The minimum absolute atomic E-state index is 0.0681. The Hall–Kier alpha value is -0.730. The summed E-state index contributed by atoms with van der Waals surface area (Å²) in [5, 5.41) is 0. The highest BCUT2D eigenvalue weighted by Gasteiger charge is 2.39. The molecule has 13 heavy (non-hydrogen) atoms. The van der Waals surface area contributed by atoms with Gasteiger partial charge in [0.15, 0.2) is 0 Å². The molecule has 0 saturated carbocycles. The van der Waals surface area contributed by atoms with E-state index in [4.69, 9.17) is 5.73 Å². The maximum atomic E-state index is 11.2. The summed E-state index contributed by atoms with van der Waals surface area (Å²) in [7, 11) is 0. The monoisotopic (exact) mass is 184 g/mol. The van der Waals surface area contributed by atoms with Crippen LogP contribution in [0.4, 0.5) is 4.79 Å². The first kappa shape index (κ1) is 10.4. The van der Waals surface area contributed by atoms with Crippen LogP contribution in [0, 0.1) is 5.41 Å². The minimum Gasteiger partial charge on any atom is -0.351 e. The first-order valence-electron chi connectivity index (χ1n) is 4.82. The van der Waals surface area contributed by atoms with Gasteiger partial charge in [-0.1, -0.05) is 13.8 Å². The van der Waals surface area contributed by atoms with Crippen molar-refractivity contribution in [2.45, 2.75) is 46.1 Å². The van der Waals surface area contributed by atoms with Crippen molar-refractivity contribution in [2.75, 3.05) is 6.54 Å². The van der Waals surface area contributed by atoms with Crippen LogP contribution < -0.4 is 5.73 Å². The predicted octanol–water partition coefficient (Wildman–Crippen LogP) is 1.97. The molecule has 1 rings (SSSR count). The topological polar surface area (TPSA) is 46.3 Å². The minimum atomic E-state index is -0.294. The summed E-state index contributed by atoms with van der Waals surface area (Å²) in [6, 6.07) is -0.294. The third-order valence-corrected chi connectivity index (χ3v) is 3.00. The summed E-state index contributed by atoms with van der Waals surface area (Å²) < 4.78 is 0. The molecule has 1 fully saturated rings. The van der Waals surface area contributed by atoms with Crippen molar-refractivity contribution in [1.82, 2.24) is 4.90 Å². The lowest BCUT2D eigenvalue weighted by atomic mass is 9.77. The molecule has 3 nitrogen and oxygen atoms in total. The first-order chi connectivity index (χ1) is 5.75. The molecule has 76 valence electrons. The molecule has 0 aromatic rings. The summed E-state index contributed by atoms with van der Waals surface area (Å²) in [6.45, 7) is 9.28. The maximum absolute atomic E-state index is 11.2. The molecular formula is C10H20N2O. The van der Waals surface area contributed by atoms with E-state index in [1.165, 1.54) is 0 Å². The van der Waals surface area contributed by atoms with E-state index < -0.39 is 0 Å². The number of nitrogens with two attached hydrogens (primary N) is 1. The lowest BCUT2D eigenvalue weighted by Crippen LogP contribution is -2.57. The normalized spacial score (nSPS) is 25.7. The van der Waals surface area contributed by atoms with Gasteiger partial charge in [-0.3, -0.25) is 0 Å². The Morgan fingerprint density at radius 2 is 1.77 bits per heavy atom. The van der Waals surface area contributed by atoms with E-state index >= 15 is 0 Å². The Balaban J connectivity index is 2.82. The third-order valence-electron chi connectivity index (χ3n) is 3.00. The van der Waals surface area contributed by atoms with E-state index in [9.17, 15) is 4.79 Å². The highest BCUT2D eigenvalue weighted by Crippen LogP contribution is 2.37. The highest BCUT2D eigenvalue weighted by molar-refractivity contribution is 5.73. The average Bonchev–Trinajstić information content (AvgIpc) is 1.95. The van der Waals surface area contributed by atoms with Crippen LogP contribution in [0.5, 0.6) is 0 Å². The standard InChI is InChI=1S/C10H20N2O/c1-9(2)5-6-10(3,4)12(7-9)8(11)13/h5-7H2,1-4H3,(H2,11,13). The molecule has 0 atom stereocenters. The van der Waals surface area contributed by atoms with Gasteiger partial charge in [0.2, 0.25) is 0 Å². The predicted molar refractivity (Wildman–Crippen MR) is 53.4 cm³/mol. The van der Waals surface area contributed by atoms with Gasteiger partial charge in [0.1, 0.15) is 0 Å². The number of hydrogen-bond acceptors (Lipinski definition) is 1. The van der Waals surface area contributed by atoms with Crippen molar-refractivity contribution in [1.29, 1.82) is 0 Å². The quantitative estimate of drug-likeness (QED) is 0.614. The number of urea groups is 1. The second-order valence-electron chi connectivity index (χ2n) is 5.40. The number of carbonyl (C=O) groups excluding carboxylic acids is 1. The van der Waals surface area contributed by atoms with Crippen molar-refractivity contribution >= 4 is 6.03 Å². The largest absolute Gasteiger partial charge is 0.351 e. The lowest BCUT2D eigenvalue weighted by Gasteiger charge is -2.48. The van der Waals surface area contributed by atoms with E-state index in [0.717, 1.165) is 19.4 Å². The lowest BCUT2D eigenvalue weighted by molar-refractivity contribution is 0.0451. The van der Waals surface area contributed by atoms with Crippen LogP contribution in [0.3, 0.4) is 0 Å². The first-order valence-corrected chi connectivity index (χ1v) is 4.82. The van der Waals surface area contributed by atoms with Crippen LogP contribution in [0.1, 0.15) is 40.5 Å². The third kappa shape index (κ3) is 2.14. The van der Waals surface area contributed by atoms with Gasteiger partial charge in [0.05, 0.1) is 0 Å². The summed E-state index contributed by atoms with van der Waals surface area (Å²) in [5.74, 6) is 0. The molecule has 1 aliphatic heterocycles. The van der Waals surface area contributed by atoms with Crippen molar-refractivity contribution in [3.05, 3.63) is 0 Å². The number of hydrogen-bond donors (Lipinski definition) is 1. The van der Waals surface area contributed by atoms with E-state index in [1.807, 2.05) is 0 Å². The fourth-order valence-electron chi connectivity index (χ4n) is 1.88. The molecule has 0 unspecified atom stereocenters. The van der Waals surface area contributed by atoms with E-state index in [-0.39, 0.29) is 17.0 Å². The number of amides is 2. The molecular weight excluding hydrogens is 164 g/mol. The number of rotatable bonds is 0. The Kier molecular flexibility index (Phi) is 2.30. The van der Waals surface area contributed by atoms with Gasteiger partial charge >= 0.3 is 6.03 Å². The molecule has 0 spiro atoms. The molecule has 1 saturated heterocycles. The number of nitrogens with zero attached hydrogens (tertiary/aromatic N) is 1. The van der Waals surface area contributed by atoms with Gasteiger partial charge in [-0.15, -0.1) is 0 Å². The molecule has 3 heteroatoms. The van der Waals surface area contributed by atoms with Crippen molar-refractivity contribution in [3.63, 3.8) is 0 Å². The number of primary amides is 1. The van der Waals surface area contributed by atoms with Crippen LogP contribution >= 0.6 is 0 Å². The van der Waals surface area contributed by atoms with Crippen LogP contribution in [-0.2, 0) is 0 Å². The number of likely N-dealkylation sites (tertiary alicyclic amines) is 1. The van der Waals surface area contributed by atoms with E-state index in [2.05, 4.69) is 27.7 Å². The molecule has 0 aromatic carbocycles. The second-order valence-corrected chi connectivity index (χ2v) is 5.40. The summed E-state index contributed by atoms with van der Waals surface area (Å²) >= 11 is 0. The van der Waals surface area contributed by atoms with Gasteiger partial charge in [-0.25, -0.2) is 4.79 Å². The number of carbonyl (C=O) groups is 1. The fraction of sp³-hybridized carbons (Fsp3) is 0.900. The zero-order valence-corrected chi connectivity index (χ0v) is 9.05. The van der Waals surface area contributed by atoms with Crippen LogP contribution in [0.2, 0.25) is 0 Å². The van der Waals surface area contributed by atoms with Crippen LogP contribution in [-0.4, -0.2) is 23.0 Å². The molecule has 0 bridgehead atoms. The van der Waals surface area contributed by atoms with Gasteiger partial charge in [0.25, 0.3) is 0 Å². The molecule has 0 radical (unpaired) electrons. The highest BCUT2D eigenvalue weighted by atomic mass is 16.2. The van der Waals surface area contributed by atoms with Crippen molar-refractivity contribution in [2.24, 2.45) is 11.1 Å². The summed E-state index contributed by atoms with van der Waals surface area (Å²) in [5.41, 5.74) is 5.50.